The smallest absolute Gasteiger partial charge is 0.255 e. The van der Waals surface area contributed by atoms with Crippen LogP contribution in [0.15, 0.2) is 48.5 Å². The van der Waals surface area contributed by atoms with Crippen LogP contribution in [0.5, 0.6) is 11.5 Å². The van der Waals surface area contributed by atoms with Crippen LogP contribution in [0, 0.1) is 0 Å². The molecule has 0 unspecified atom stereocenters. The summed E-state index contributed by atoms with van der Waals surface area (Å²) in [5, 5.41) is 9.05. The highest BCUT2D eigenvalue weighted by Crippen LogP contribution is 2.29. The Bertz CT molecular complexity index is 972. The molecule has 3 N–H and O–H groups in total. The van der Waals surface area contributed by atoms with Crippen LogP contribution in [0.25, 0.3) is 5.70 Å². The summed E-state index contributed by atoms with van der Waals surface area (Å²) in [6.07, 6.45) is 6.50. The van der Waals surface area contributed by atoms with Gasteiger partial charge < -0.3 is 25.4 Å². The molecular weight excluding hydrogens is 430 g/mol. The Labute approximate surface area is 202 Å². The third-order valence-corrected chi connectivity index (χ3v) is 5.23. The predicted octanol–water partition coefficient (Wildman–Crippen LogP) is 4.99. The summed E-state index contributed by atoms with van der Waals surface area (Å²) >= 11 is 0. The second-order valence-electron chi connectivity index (χ2n) is 7.83. The molecule has 0 bridgehead atoms. The number of hydrogen-bond acceptors (Lipinski definition) is 5. The number of anilines is 1. The lowest BCUT2D eigenvalue weighted by Crippen LogP contribution is -2.28. The molecule has 2 rings (SSSR count). The summed E-state index contributed by atoms with van der Waals surface area (Å²) < 4.78 is 11.2. The topological polar surface area (TPSA) is 88.7 Å². The van der Waals surface area contributed by atoms with Gasteiger partial charge in [0.2, 0.25) is 5.91 Å². The van der Waals surface area contributed by atoms with E-state index in [0.29, 0.717) is 42.3 Å². The molecular formula is C27H37N3O4. The standard InChI is InChI=1S/C27H37N3O4/c1-5-7-8-13-26(31)29-16-17-34-25-15-14-21(19-23(25)24(28-3)10-6-2)30-27(32)20-11-9-12-22(18-20)33-4/h9-12,14-15,18-19,28H,5-8,13,16-17H2,1-4H3,(H,29,31)(H,30,32)/b24-10-. The average Bonchev–Trinajstić information content (AvgIpc) is 2.86. The number of carbonyl (C=O) groups excluding carboxylic acids is 2. The number of benzene rings is 2. The minimum Gasteiger partial charge on any atom is -0.497 e. The molecule has 0 aliphatic heterocycles. The Morgan fingerprint density at radius 3 is 2.59 bits per heavy atom. The average molecular weight is 468 g/mol. The van der Waals surface area contributed by atoms with Crippen LogP contribution in [0.1, 0.15) is 61.9 Å². The lowest BCUT2D eigenvalue weighted by molar-refractivity contribution is -0.121. The fourth-order valence-electron chi connectivity index (χ4n) is 3.44. The Kier molecular flexibility index (Phi) is 11.5. The molecule has 2 amide bonds. The zero-order valence-corrected chi connectivity index (χ0v) is 20.7. The number of nitrogens with one attached hydrogen (secondary N) is 3. The van der Waals surface area contributed by atoms with Crippen molar-refractivity contribution in [3.63, 3.8) is 0 Å². The molecule has 0 radical (unpaired) electrons. The van der Waals surface area contributed by atoms with Crippen molar-refractivity contribution in [3.8, 4) is 11.5 Å². The van der Waals surface area contributed by atoms with E-state index in [-0.39, 0.29) is 11.8 Å². The van der Waals surface area contributed by atoms with Crippen molar-refractivity contribution in [2.24, 2.45) is 0 Å². The summed E-state index contributed by atoms with van der Waals surface area (Å²) in [5.74, 6) is 1.12. The Morgan fingerprint density at radius 2 is 1.88 bits per heavy atom. The second-order valence-corrected chi connectivity index (χ2v) is 7.83. The van der Waals surface area contributed by atoms with Gasteiger partial charge in [0, 0.05) is 36.0 Å². The quantitative estimate of drug-likeness (QED) is 0.341. The van der Waals surface area contributed by atoms with Crippen LogP contribution in [0.2, 0.25) is 0 Å². The molecule has 2 aromatic rings. The SMILES string of the molecule is CC/C=C(\NC)c1cc(NC(=O)c2cccc(OC)c2)ccc1OCCNC(=O)CCCCC. The maximum atomic E-state index is 12.7. The van der Waals surface area contributed by atoms with Crippen molar-refractivity contribution in [1.29, 1.82) is 0 Å². The van der Waals surface area contributed by atoms with Gasteiger partial charge in [-0.3, -0.25) is 9.59 Å². The molecule has 0 aromatic heterocycles. The van der Waals surface area contributed by atoms with Gasteiger partial charge >= 0.3 is 0 Å². The number of ether oxygens (including phenoxy) is 2. The molecule has 184 valence electrons. The van der Waals surface area contributed by atoms with Crippen molar-refractivity contribution in [3.05, 3.63) is 59.7 Å². The molecule has 0 atom stereocenters. The summed E-state index contributed by atoms with van der Waals surface area (Å²) in [6, 6.07) is 12.5. The molecule has 0 saturated carbocycles. The van der Waals surface area contributed by atoms with Gasteiger partial charge in [0.1, 0.15) is 18.1 Å². The number of rotatable bonds is 14. The summed E-state index contributed by atoms with van der Waals surface area (Å²) in [4.78, 5) is 24.7. The summed E-state index contributed by atoms with van der Waals surface area (Å²) in [5.41, 5.74) is 2.89. The predicted molar refractivity (Wildman–Crippen MR) is 137 cm³/mol. The minimum atomic E-state index is -0.227. The summed E-state index contributed by atoms with van der Waals surface area (Å²) in [7, 11) is 3.42. The van der Waals surface area contributed by atoms with Crippen LogP contribution in [-0.2, 0) is 4.79 Å². The number of carbonyl (C=O) groups is 2. The van der Waals surface area contributed by atoms with Crippen LogP contribution in [0.3, 0.4) is 0 Å². The lowest BCUT2D eigenvalue weighted by Gasteiger charge is -2.16. The molecule has 0 heterocycles. The molecule has 7 heteroatoms. The van der Waals surface area contributed by atoms with E-state index in [1.807, 2.05) is 19.2 Å². The Balaban J connectivity index is 2.10. The Morgan fingerprint density at radius 1 is 1.06 bits per heavy atom. The molecule has 0 saturated heterocycles. The maximum absolute atomic E-state index is 12.7. The van der Waals surface area contributed by atoms with Crippen LogP contribution in [-0.4, -0.2) is 39.1 Å². The Hall–Kier alpha value is -3.48. The first-order chi connectivity index (χ1) is 16.5. The summed E-state index contributed by atoms with van der Waals surface area (Å²) in [6.45, 7) is 4.96. The largest absolute Gasteiger partial charge is 0.497 e. The molecule has 0 spiro atoms. The minimum absolute atomic E-state index is 0.0506. The number of amides is 2. The molecule has 2 aromatic carbocycles. The zero-order valence-electron chi connectivity index (χ0n) is 20.7. The fraction of sp³-hybridized carbons (Fsp3) is 0.407. The highest BCUT2D eigenvalue weighted by atomic mass is 16.5. The third-order valence-electron chi connectivity index (χ3n) is 5.23. The first kappa shape index (κ1) is 26.8. The van der Waals surface area contributed by atoms with E-state index in [1.165, 1.54) is 0 Å². The van der Waals surface area contributed by atoms with Gasteiger partial charge in [0.25, 0.3) is 5.91 Å². The van der Waals surface area contributed by atoms with Crippen LogP contribution < -0.4 is 25.4 Å². The van der Waals surface area contributed by atoms with E-state index in [9.17, 15) is 9.59 Å². The van der Waals surface area contributed by atoms with Crippen molar-refractivity contribution in [1.82, 2.24) is 10.6 Å². The van der Waals surface area contributed by atoms with Crippen molar-refractivity contribution < 1.29 is 19.1 Å². The fourth-order valence-corrected chi connectivity index (χ4v) is 3.44. The van der Waals surface area contributed by atoms with Gasteiger partial charge in [-0.25, -0.2) is 0 Å². The van der Waals surface area contributed by atoms with Gasteiger partial charge in [-0.2, -0.15) is 0 Å². The van der Waals surface area contributed by atoms with Gasteiger partial charge in [-0.1, -0.05) is 38.8 Å². The zero-order chi connectivity index (χ0) is 24.8. The van der Waals surface area contributed by atoms with E-state index in [4.69, 9.17) is 9.47 Å². The highest BCUT2D eigenvalue weighted by molar-refractivity contribution is 6.04. The van der Waals surface area contributed by atoms with E-state index in [1.54, 1.807) is 37.4 Å². The maximum Gasteiger partial charge on any atom is 0.255 e. The first-order valence-corrected chi connectivity index (χ1v) is 11.9. The van der Waals surface area contributed by atoms with Gasteiger partial charge in [-0.05, 0) is 49.2 Å². The van der Waals surface area contributed by atoms with Gasteiger partial charge in [-0.15, -0.1) is 0 Å². The van der Waals surface area contributed by atoms with Gasteiger partial charge in [0.15, 0.2) is 0 Å². The number of hydrogen-bond donors (Lipinski definition) is 3. The third kappa shape index (κ3) is 8.46. The molecule has 0 aliphatic carbocycles. The normalized spacial score (nSPS) is 11.0. The van der Waals surface area contributed by atoms with E-state index in [0.717, 1.165) is 36.9 Å². The van der Waals surface area contributed by atoms with Crippen molar-refractivity contribution >= 4 is 23.2 Å². The van der Waals surface area contributed by atoms with Crippen LogP contribution in [0.4, 0.5) is 5.69 Å². The monoisotopic (exact) mass is 467 g/mol. The highest BCUT2D eigenvalue weighted by Gasteiger charge is 2.13. The molecule has 7 nitrogen and oxygen atoms in total. The van der Waals surface area contributed by atoms with Gasteiger partial charge in [0.05, 0.1) is 13.7 Å². The van der Waals surface area contributed by atoms with E-state index in [2.05, 4.69) is 35.9 Å². The first-order valence-electron chi connectivity index (χ1n) is 11.9. The molecule has 34 heavy (non-hydrogen) atoms. The molecule has 0 fully saturated rings. The number of allylic oxidation sites excluding steroid dienone is 1. The number of unbranched alkanes of at least 4 members (excludes halogenated alkanes) is 2. The van der Waals surface area contributed by atoms with Crippen molar-refractivity contribution in [2.45, 2.75) is 46.0 Å². The van der Waals surface area contributed by atoms with E-state index >= 15 is 0 Å². The van der Waals surface area contributed by atoms with Crippen LogP contribution >= 0.6 is 0 Å². The second kappa shape index (κ2) is 14.6. The molecule has 0 aliphatic rings. The van der Waals surface area contributed by atoms with Crippen molar-refractivity contribution in [2.75, 3.05) is 32.6 Å². The lowest BCUT2D eigenvalue weighted by atomic mass is 10.1. The van der Waals surface area contributed by atoms with E-state index < -0.39 is 0 Å². The number of methoxy groups -OCH3 is 1.